The van der Waals surface area contributed by atoms with Gasteiger partial charge in [-0.25, -0.2) is 4.79 Å². The molecule has 2 aliphatic carbocycles. The number of carbonyl (C=O) groups excluding carboxylic acids is 2. The van der Waals surface area contributed by atoms with Gasteiger partial charge in [0, 0.05) is 32.7 Å². The number of fused-ring (bicyclic) bond motifs is 1. The zero-order chi connectivity index (χ0) is 27.7. The van der Waals surface area contributed by atoms with E-state index in [4.69, 9.17) is 9.47 Å². The molecule has 2 atom stereocenters. The highest BCUT2D eigenvalue weighted by molar-refractivity contribution is 7.16. The lowest BCUT2D eigenvalue weighted by atomic mass is 9.71. The van der Waals surface area contributed by atoms with Gasteiger partial charge in [-0.15, -0.1) is 11.3 Å². The maximum absolute atomic E-state index is 13.2. The Balaban J connectivity index is 1.51. The second-order valence-electron chi connectivity index (χ2n) is 10.0. The first kappa shape index (κ1) is 26.6. The average Bonchev–Trinajstić information content (AvgIpc) is 3.52. The van der Waals surface area contributed by atoms with Crippen LogP contribution < -0.4 is 4.74 Å². The van der Waals surface area contributed by atoms with Crippen molar-refractivity contribution in [2.45, 2.75) is 33.1 Å². The molecule has 0 N–H and O–H groups in total. The van der Waals surface area contributed by atoms with Crippen molar-refractivity contribution in [1.82, 2.24) is 0 Å². The highest BCUT2D eigenvalue weighted by Gasteiger charge is 2.43. The number of benzene rings is 2. The van der Waals surface area contributed by atoms with E-state index >= 15 is 0 Å². The number of ether oxygens (including phenoxy) is 2. The maximum atomic E-state index is 13.2. The highest BCUT2D eigenvalue weighted by Crippen LogP contribution is 2.54. The van der Waals surface area contributed by atoms with E-state index in [0.29, 0.717) is 17.7 Å². The average molecular weight is 537 g/mol. The molecule has 0 bridgehead atoms. The molecular weight excluding hydrogens is 504 g/mol. The van der Waals surface area contributed by atoms with Crippen LogP contribution in [0.3, 0.4) is 0 Å². The molecule has 4 nitrogen and oxygen atoms in total. The van der Waals surface area contributed by atoms with Crippen LogP contribution in [0.25, 0.3) is 16.5 Å². The van der Waals surface area contributed by atoms with E-state index in [1.165, 1.54) is 11.1 Å². The summed E-state index contributed by atoms with van der Waals surface area (Å²) in [6.07, 6.45) is 6.05. The summed E-state index contributed by atoms with van der Waals surface area (Å²) in [4.78, 5) is 26.8. The van der Waals surface area contributed by atoms with Crippen LogP contribution in [0.1, 0.15) is 52.5 Å². The van der Waals surface area contributed by atoms with Gasteiger partial charge in [0.1, 0.15) is 12.0 Å². The van der Waals surface area contributed by atoms with Gasteiger partial charge in [-0.1, -0.05) is 42.5 Å². The molecule has 39 heavy (non-hydrogen) atoms. The van der Waals surface area contributed by atoms with Gasteiger partial charge in [-0.2, -0.15) is 0 Å². The second-order valence-corrected chi connectivity index (χ2v) is 11.1. The summed E-state index contributed by atoms with van der Waals surface area (Å²) >= 11 is 1.70. The Kier molecular flexibility index (Phi) is 7.53. The Bertz CT molecular complexity index is 1550. The molecule has 0 aliphatic heterocycles. The van der Waals surface area contributed by atoms with E-state index in [0.717, 1.165) is 56.0 Å². The van der Waals surface area contributed by atoms with Crippen LogP contribution >= 0.6 is 11.3 Å². The number of carbonyl (C=O) groups is 2. The summed E-state index contributed by atoms with van der Waals surface area (Å²) in [6.45, 7) is 10.8. The number of aryl methyl sites for hydroxylation is 1. The van der Waals surface area contributed by atoms with Crippen molar-refractivity contribution in [1.29, 1.82) is 0 Å². The van der Waals surface area contributed by atoms with Crippen molar-refractivity contribution < 1.29 is 19.1 Å². The van der Waals surface area contributed by atoms with Gasteiger partial charge in [-0.05, 0) is 97.0 Å². The molecular formula is C34H32O4S. The van der Waals surface area contributed by atoms with Gasteiger partial charge in [0.25, 0.3) is 0 Å². The predicted molar refractivity (Wildman–Crippen MR) is 158 cm³/mol. The lowest BCUT2D eigenvalue weighted by Gasteiger charge is -2.32. The van der Waals surface area contributed by atoms with Crippen LogP contribution in [0.15, 0.2) is 95.1 Å². The smallest absolute Gasteiger partial charge is 0.334 e. The number of thiophene rings is 1. The maximum Gasteiger partial charge on any atom is 0.334 e. The molecule has 0 radical (unpaired) electrons. The molecule has 198 valence electrons. The van der Waals surface area contributed by atoms with Gasteiger partial charge in [0.2, 0.25) is 0 Å². The lowest BCUT2D eigenvalue weighted by Crippen LogP contribution is -2.25. The third-order valence-electron chi connectivity index (χ3n) is 7.63. The molecule has 1 heterocycles. The zero-order valence-electron chi connectivity index (χ0n) is 22.7. The Labute approximate surface area is 234 Å². The first-order valence-corrected chi connectivity index (χ1v) is 13.9. The van der Waals surface area contributed by atoms with Crippen molar-refractivity contribution in [3.8, 4) is 16.2 Å². The second kappa shape index (κ2) is 11.0. The molecule has 1 saturated carbocycles. The van der Waals surface area contributed by atoms with Gasteiger partial charge >= 0.3 is 5.97 Å². The first-order valence-electron chi connectivity index (χ1n) is 13.1. The molecule has 5 heteroatoms. The number of aldehydes is 1. The number of hydrogen-bond acceptors (Lipinski definition) is 5. The van der Waals surface area contributed by atoms with E-state index in [2.05, 4.69) is 37.8 Å². The summed E-state index contributed by atoms with van der Waals surface area (Å²) in [7, 11) is 1.65. The molecule has 2 aliphatic rings. The molecule has 5 rings (SSSR count). The third kappa shape index (κ3) is 5.07. The zero-order valence-corrected chi connectivity index (χ0v) is 23.6. The Morgan fingerprint density at radius 3 is 2.54 bits per heavy atom. The molecule has 0 spiro atoms. The van der Waals surface area contributed by atoms with Crippen LogP contribution in [0.4, 0.5) is 0 Å². The normalized spacial score (nSPS) is 19.6. The Morgan fingerprint density at radius 2 is 1.85 bits per heavy atom. The van der Waals surface area contributed by atoms with Crippen molar-refractivity contribution in [3.05, 3.63) is 117 Å². The lowest BCUT2D eigenvalue weighted by molar-refractivity contribution is -0.139. The van der Waals surface area contributed by atoms with Crippen LogP contribution in [0.5, 0.6) is 5.75 Å². The molecule has 3 aromatic rings. The van der Waals surface area contributed by atoms with Crippen LogP contribution in [0, 0.1) is 12.8 Å². The molecule has 0 amide bonds. The molecule has 2 unspecified atom stereocenters. The summed E-state index contributed by atoms with van der Waals surface area (Å²) in [5.74, 6) is 0.309. The molecule has 1 fully saturated rings. The molecule has 0 saturated heterocycles. The fourth-order valence-electron chi connectivity index (χ4n) is 5.73. The third-order valence-corrected chi connectivity index (χ3v) is 8.70. The van der Waals surface area contributed by atoms with E-state index in [1.807, 2.05) is 56.3 Å². The quantitative estimate of drug-likeness (QED) is 0.226. The minimum atomic E-state index is -0.271. The number of hydrogen-bond donors (Lipinski definition) is 0. The van der Waals surface area contributed by atoms with Crippen molar-refractivity contribution in [2.24, 2.45) is 5.92 Å². The van der Waals surface area contributed by atoms with Gasteiger partial charge < -0.3 is 9.47 Å². The Morgan fingerprint density at radius 1 is 1.08 bits per heavy atom. The summed E-state index contributed by atoms with van der Waals surface area (Å²) in [5, 5.41) is 0. The molecule has 2 aromatic carbocycles. The number of rotatable bonds is 7. The SMILES string of the molecule is C=C1/C(=C/c2ccc(-c3cc(C=O)ccc3C)s2)CC2=CC(C)=C(C(=O)OCC)C(c3ccc(OC)cc3)C12. The fourth-order valence-corrected chi connectivity index (χ4v) is 6.78. The van der Waals surface area contributed by atoms with Gasteiger partial charge in [0.05, 0.1) is 13.7 Å². The molecule has 1 aromatic heterocycles. The van der Waals surface area contributed by atoms with E-state index in [1.54, 1.807) is 18.4 Å². The standard InChI is InChI=1S/C34H32O4S/c1-6-38-34(36)31-21(3)15-26-17-25(22(4)32(26)33(31)24-9-11-27(37-5)12-10-24)18-28-13-14-30(39-28)29-16-23(19-35)8-7-20(29)2/h7-16,18-19,32-33H,4,6,17H2,1-3,5H3/b25-18+. The van der Waals surface area contributed by atoms with E-state index in [-0.39, 0.29) is 17.8 Å². The highest BCUT2D eigenvalue weighted by atomic mass is 32.1. The predicted octanol–water partition coefficient (Wildman–Crippen LogP) is 8.11. The fraction of sp³-hybridized carbons (Fsp3) is 0.235. The summed E-state index contributed by atoms with van der Waals surface area (Å²) < 4.78 is 10.9. The van der Waals surface area contributed by atoms with Gasteiger partial charge in [0.15, 0.2) is 0 Å². The largest absolute Gasteiger partial charge is 0.497 e. The minimum absolute atomic E-state index is 0.0151. The van der Waals surface area contributed by atoms with Crippen LogP contribution in [-0.2, 0) is 9.53 Å². The first-order chi connectivity index (χ1) is 18.8. The summed E-state index contributed by atoms with van der Waals surface area (Å²) in [6, 6.07) is 18.0. The van der Waals surface area contributed by atoms with E-state index < -0.39 is 0 Å². The minimum Gasteiger partial charge on any atom is -0.497 e. The van der Waals surface area contributed by atoms with Crippen molar-refractivity contribution >= 4 is 29.7 Å². The summed E-state index contributed by atoms with van der Waals surface area (Å²) in [5.41, 5.74) is 9.05. The van der Waals surface area contributed by atoms with Crippen molar-refractivity contribution in [3.63, 3.8) is 0 Å². The van der Waals surface area contributed by atoms with Crippen LogP contribution in [-0.4, -0.2) is 26.0 Å². The topological polar surface area (TPSA) is 52.6 Å². The van der Waals surface area contributed by atoms with Crippen molar-refractivity contribution in [2.75, 3.05) is 13.7 Å². The Hall–Kier alpha value is -3.96. The number of esters is 1. The van der Waals surface area contributed by atoms with Crippen LogP contribution in [0.2, 0.25) is 0 Å². The number of allylic oxidation sites excluding steroid dienone is 5. The van der Waals surface area contributed by atoms with Gasteiger partial charge in [-0.3, -0.25) is 4.79 Å². The van der Waals surface area contributed by atoms with E-state index in [9.17, 15) is 9.59 Å². The number of methoxy groups -OCH3 is 1. The monoisotopic (exact) mass is 536 g/mol.